The molecule has 0 bridgehead atoms. The van der Waals surface area contributed by atoms with Crippen molar-refractivity contribution in [3.05, 3.63) is 65.2 Å². The van der Waals surface area contributed by atoms with Crippen LogP contribution in [0, 0.1) is 11.6 Å². The lowest BCUT2D eigenvalue weighted by Crippen LogP contribution is -2.52. The molecule has 0 aromatic heterocycles. The molecule has 1 N–H and O–H groups in total. The Morgan fingerprint density at radius 1 is 0.970 bits per heavy atom. The zero-order valence-corrected chi connectivity index (χ0v) is 19.6. The van der Waals surface area contributed by atoms with Crippen molar-refractivity contribution in [2.24, 2.45) is 0 Å². The normalized spacial score (nSPS) is 15.4. The Balaban J connectivity index is 1.55. The lowest BCUT2D eigenvalue weighted by atomic mass is 9.87. The van der Waals surface area contributed by atoms with Crippen LogP contribution >= 0.6 is 0 Å². The predicted octanol–water partition coefficient (Wildman–Crippen LogP) is 2.53. The van der Waals surface area contributed by atoms with Crippen LogP contribution in [0.2, 0.25) is 0 Å². The largest absolute Gasteiger partial charge is 0.343 e. The second kappa shape index (κ2) is 9.56. The number of nitrogens with zero attached hydrogens (tertiary/aromatic N) is 2. The molecule has 0 atom stereocenters. The van der Waals surface area contributed by atoms with Crippen LogP contribution in [0.4, 0.5) is 8.78 Å². The van der Waals surface area contributed by atoms with E-state index in [1.807, 2.05) is 20.8 Å². The molecule has 0 saturated carbocycles. The molecule has 178 valence electrons. The molecule has 1 saturated heterocycles. The molecule has 7 nitrogen and oxygen atoms in total. The Hall–Kier alpha value is -2.85. The van der Waals surface area contributed by atoms with Gasteiger partial charge in [0, 0.05) is 32.2 Å². The number of hydrogen-bond donors (Lipinski definition) is 1. The minimum atomic E-state index is -3.69. The van der Waals surface area contributed by atoms with Crippen LogP contribution in [0.5, 0.6) is 0 Å². The summed E-state index contributed by atoms with van der Waals surface area (Å²) in [4.78, 5) is 26.1. The first-order valence-electron chi connectivity index (χ1n) is 10.5. The highest BCUT2D eigenvalue weighted by Crippen LogP contribution is 2.25. The maximum absolute atomic E-state index is 13.7. The Kier molecular flexibility index (Phi) is 7.18. The van der Waals surface area contributed by atoms with Crippen molar-refractivity contribution in [1.29, 1.82) is 0 Å². The monoisotopic (exact) mass is 479 g/mol. The van der Waals surface area contributed by atoms with Crippen LogP contribution in [-0.2, 0) is 20.2 Å². The summed E-state index contributed by atoms with van der Waals surface area (Å²) in [6, 6.07) is 9.35. The number of sulfonamides is 1. The summed E-state index contributed by atoms with van der Waals surface area (Å²) >= 11 is 0. The number of nitrogens with one attached hydrogen (secondary N) is 1. The van der Waals surface area contributed by atoms with E-state index in [0.717, 1.165) is 17.7 Å². The Labute approximate surface area is 192 Å². The number of benzene rings is 2. The first kappa shape index (κ1) is 24.8. The van der Waals surface area contributed by atoms with Gasteiger partial charge in [0.1, 0.15) is 11.6 Å². The maximum Gasteiger partial charge on any atom is 0.254 e. The third-order valence-electron chi connectivity index (χ3n) is 5.53. The molecule has 1 heterocycles. The fourth-order valence-electron chi connectivity index (χ4n) is 3.49. The molecule has 2 amide bonds. The molecule has 0 spiro atoms. The van der Waals surface area contributed by atoms with Crippen molar-refractivity contribution in [2.45, 2.75) is 31.1 Å². The summed E-state index contributed by atoms with van der Waals surface area (Å²) in [5, 5.41) is 2.32. The van der Waals surface area contributed by atoms with Crippen molar-refractivity contribution in [3.8, 4) is 0 Å². The van der Waals surface area contributed by atoms with Gasteiger partial charge in [0.15, 0.2) is 0 Å². The molecule has 1 aliphatic rings. The second-order valence-electron chi connectivity index (χ2n) is 8.87. The van der Waals surface area contributed by atoms with Crippen LogP contribution in [0.15, 0.2) is 47.4 Å². The van der Waals surface area contributed by atoms with E-state index in [1.54, 1.807) is 24.3 Å². The predicted molar refractivity (Wildman–Crippen MR) is 119 cm³/mol. The first-order valence-corrected chi connectivity index (χ1v) is 12.0. The minimum Gasteiger partial charge on any atom is -0.343 e. The minimum absolute atomic E-state index is 0.0911. The van der Waals surface area contributed by atoms with E-state index in [1.165, 1.54) is 9.21 Å². The van der Waals surface area contributed by atoms with Crippen molar-refractivity contribution in [1.82, 2.24) is 14.5 Å². The number of hydrogen-bond acceptors (Lipinski definition) is 4. The van der Waals surface area contributed by atoms with E-state index in [2.05, 4.69) is 5.32 Å². The van der Waals surface area contributed by atoms with Crippen molar-refractivity contribution < 1.29 is 26.8 Å². The van der Waals surface area contributed by atoms with Gasteiger partial charge < -0.3 is 10.2 Å². The quantitative estimate of drug-likeness (QED) is 0.714. The standard InChI is InChI=1S/C23H27F2N3O4S/c1-23(2,3)16-4-7-18(8-5-16)33(31,32)28-12-10-27(11-13-28)21(29)15-26-22(30)19-9-6-17(24)14-20(19)25/h4-9,14H,10-13,15H2,1-3H3,(H,26,30). The van der Waals surface area contributed by atoms with E-state index in [4.69, 9.17) is 0 Å². The van der Waals surface area contributed by atoms with Crippen LogP contribution in [0.1, 0.15) is 36.7 Å². The fraction of sp³-hybridized carbons (Fsp3) is 0.391. The highest BCUT2D eigenvalue weighted by molar-refractivity contribution is 7.89. The average molecular weight is 480 g/mol. The van der Waals surface area contributed by atoms with Gasteiger partial charge in [-0.2, -0.15) is 4.31 Å². The molecule has 1 fully saturated rings. The van der Waals surface area contributed by atoms with Gasteiger partial charge in [0.25, 0.3) is 5.91 Å². The number of rotatable bonds is 5. The van der Waals surface area contributed by atoms with Crippen LogP contribution in [0.3, 0.4) is 0 Å². The Morgan fingerprint density at radius 2 is 1.58 bits per heavy atom. The first-order chi connectivity index (χ1) is 15.4. The van der Waals surface area contributed by atoms with Crippen molar-refractivity contribution in [3.63, 3.8) is 0 Å². The van der Waals surface area contributed by atoms with E-state index in [0.29, 0.717) is 6.07 Å². The fourth-order valence-corrected chi connectivity index (χ4v) is 4.91. The number of carbonyl (C=O) groups excluding carboxylic acids is 2. The number of carbonyl (C=O) groups is 2. The van der Waals surface area contributed by atoms with Gasteiger partial charge in [-0.25, -0.2) is 17.2 Å². The molecule has 1 aliphatic heterocycles. The molecular formula is C23H27F2N3O4S. The molecule has 2 aromatic rings. The summed E-state index contributed by atoms with van der Waals surface area (Å²) in [5.41, 5.74) is 0.573. The van der Waals surface area contributed by atoms with Gasteiger partial charge in [-0.15, -0.1) is 0 Å². The van der Waals surface area contributed by atoms with Gasteiger partial charge in [0.2, 0.25) is 15.9 Å². The molecule has 10 heteroatoms. The third kappa shape index (κ3) is 5.75. The lowest BCUT2D eigenvalue weighted by Gasteiger charge is -2.34. The summed E-state index contributed by atoms with van der Waals surface area (Å²) in [7, 11) is -3.69. The molecule has 3 rings (SSSR count). The topological polar surface area (TPSA) is 86.8 Å². The maximum atomic E-state index is 13.7. The van der Waals surface area contributed by atoms with Crippen molar-refractivity contribution in [2.75, 3.05) is 32.7 Å². The average Bonchev–Trinajstić information content (AvgIpc) is 2.77. The van der Waals surface area contributed by atoms with Gasteiger partial charge in [-0.1, -0.05) is 32.9 Å². The Morgan fingerprint density at radius 3 is 2.12 bits per heavy atom. The lowest BCUT2D eigenvalue weighted by molar-refractivity contribution is -0.131. The SMILES string of the molecule is CC(C)(C)c1ccc(S(=O)(=O)N2CCN(C(=O)CNC(=O)c3ccc(F)cc3F)CC2)cc1. The van der Waals surface area contributed by atoms with E-state index in [-0.39, 0.29) is 48.6 Å². The molecule has 2 aromatic carbocycles. The van der Waals surface area contributed by atoms with Crippen LogP contribution < -0.4 is 5.32 Å². The third-order valence-corrected chi connectivity index (χ3v) is 7.44. The molecule has 0 aliphatic carbocycles. The van der Waals surface area contributed by atoms with Crippen LogP contribution in [-0.4, -0.2) is 62.2 Å². The Bertz CT molecular complexity index is 1140. The van der Waals surface area contributed by atoms with Gasteiger partial charge in [-0.05, 0) is 35.2 Å². The zero-order chi connectivity index (χ0) is 24.4. The summed E-state index contributed by atoms with van der Waals surface area (Å²) < 4.78 is 53.9. The number of amides is 2. The van der Waals surface area contributed by atoms with Crippen LogP contribution in [0.25, 0.3) is 0 Å². The van der Waals surface area contributed by atoms with E-state index < -0.39 is 33.5 Å². The van der Waals surface area contributed by atoms with E-state index in [9.17, 15) is 26.8 Å². The summed E-state index contributed by atoms with van der Waals surface area (Å²) in [6.07, 6.45) is 0. The number of piperazine rings is 1. The van der Waals surface area contributed by atoms with Gasteiger partial charge in [-0.3, -0.25) is 9.59 Å². The second-order valence-corrected chi connectivity index (χ2v) is 10.8. The summed E-state index contributed by atoms with van der Waals surface area (Å²) in [6.45, 7) is 6.34. The zero-order valence-electron chi connectivity index (χ0n) is 18.8. The summed E-state index contributed by atoms with van der Waals surface area (Å²) in [5.74, 6) is -3.08. The van der Waals surface area contributed by atoms with Crippen molar-refractivity contribution >= 4 is 21.8 Å². The molecule has 0 unspecified atom stereocenters. The van der Waals surface area contributed by atoms with Gasteiger partial charge in [0.05, 0.1) is 17.0 Å². The van der Waals surface area contributed by atoms with E-state index >= 15 is 0 Å². The molecule has 0 radical (unpaired) electrons. The number of halogens is 2. The highest BCUT2D eigenvalue weighted by Gasteiger charge is 2.30. The smallest absolute Gasteiger partial charge is 0.254 e. The molecular weight excluding hydrogens is 452 g/mol. The molecule has 33 heavy (non-hydrogen) atoms. The van der Waals surface area contributed by atoms with Gasteiger partial charge >= 0.3 is 0 Å². The highest BCUT2D eigenvalue weighted by atomic mass is 32.2.